The summed E-state index contributed by atoms with van der Waals surface area (Å²) in [4.78, 5) is 2.31. The molecule has 8 rings (SSSR count). The Morgan fingerprint density at radius 3 is 1.64 bits per heavy atom. The van der Waals surface area contributed by atoms with Crippen LogP contribution >= 0.6 is 0 Å². The Morgan fingerprint density at radius 2 is 0.949 bits per heavy atom. The minimum absolute atomic E-state index is 0.864. The van der Waals surface area contributed by atoms with Crippen molar-refractivity contribution in [2.75, 3.05) is 4.90 Å². The van der Waals surface area contributed by atoms with Crippen LogP contribution in [0, 0.1) is 0 Å². The van der Waals surface area contributed by atoms with Gasteiger partial charge in [0.2, 0.25) is 0 Å². The quantitative estimate of drug-likeness (QED) is 0.240. The number of fused-ring (bicyclic) bond motifs is 6. The van der Waals surface area contributed by atoms with Crippen molar-refractivity contribution in [2.24, 2.45) is 0 Å². The highest BCUT2D eigenvalue weighted by Gasteiger charge is 2.23. The summed E-state index contributed by atoms with van der Waals surface area (Å²) in [5, 5.41) is 4.38. The zero-order valence-corrected chi connectivity index (χ0v) is 21.0. The number of hydrogen-bond acceptors (Lipinski definition) is 3. The summed E-state index contributed by atoms with van der Waals surface area (Å²) < 4.78 is 12.9. The SMILES string of the molecule is c1ccc(N(c2ccccc2)c2ccc(-c3cccc4oc5ccccc5c34)c3oc4ccccc4c23)cc1. The molecule has 0 bridgehead atoms. The van der Waals surface area contributed by atoms with Gasteiger partial charge in [0.15, 0.2) is 0 Å². The molecule has 0 unspecified atom stereocenters. The number of anilines is 3. The van der Waals surface area contributed by atoms with Crippen LogP contribution in [0.25, 0.3) is 55.0 Å². The third-order valence-electron chi connectivity index (χ3n) is 7.47. The van der Waals surface area contributed by atoms with Crippen LogP contribution in [-0.4, -0.2) is 0 Å². The summed E-state index contributed by atoms with van der Waals surface area (Å²) in [5.74, 6) is 0. The Kier molecular flexibility index (Phi) is 4.82. The Hall–Kier alpha value is -5.28. The van der Waals surface area contributed by atoms with Gasteiger partial charge in [0.25, 0.3) is 0 Å². The average Bonchev–Trinajstić information content (AvgIpc) is 3.58. The molecule has 2 aromatic heterocycles. The molecule has 0 aliphatic carbocycles. The smallest absolute Gasteiger partial charge is 0.145 e. The molecule has 3 nitrogen and oxygen atoms in total. The number of rotatable bonds is 4. The summed E-state index contributed by atoms with van der Waals surface area (Å²) in [6.45, 7) is 0. The fourth-order valence-corrected chi connectivity index (χ4v) is 5.79. The Morgan fingerprint density at radius 1 is 0.385 bits per heavy atom. The maximum absolute atomic E-state index is 6.68. The lowest BCUT2D eigenvalue weighted by molar-refractivity contribution is 0.668. The van der Waals surface area contributed by atoms with Crippen molar-refractivity contribution in [1.82, 2.24) is 0 Å². The Labute approximate surface area is 225 Å². The van der Waals surface area contributed by atoms with Crippen LogP contribution in [-0.2, 0) is 0 Å². The maximum atomic E-state index is 6.68. The van der Waals surface area contributed by atoms with Crippen molar-refractivity contribution in [3.63, 3.8) is 0 Å². The van der Waals surface area contributed by atoms with E-state index in [1.807, 2.05) is 30.3 Å². The molecular formula is C36H23NO2. The summed E-state index contributed by atoms with van der Waals surface area (Å²) in [7, 11) is 0. The van der Waals surface area contributed by atoms with Crippen LogP contribution in [0.2, 0.25) is 0 Å². The summed E-state index contributed by atoms with van der Waals surface area (Å²) in [6.07, 6.45) is 0. The van der Waals surface area contributed by atoms with Crippen molar-refractivity contribution in [3.8, 4) is 11.1 Å². The van der Waals surface area contributed by atoms with Gasteiger partial charge in [-0.25, -0.2) is 0 Å². The molecule has 0 spiro atoms. The molecule has 0 aliphatic rings. The zero-order valence-electron chi connectivity index (χ0n) is 21.0. The first-order valence-corrected chi connectivity index (χ1v) is 13.1. The summed E-state index contributed by atoms with van der Waals surface area (Å²) in [6, 6.07) is 48.2. The first kappa shape index (κ1) is 21.8. The predicted molar refractivity (Wildman–Crippen MR) is 161 cm³/mol. The molecular weight excluding hydrogens is 478 g/mol. The minimum Gasteiger partial charge on any atom is -0.456 e. The highest BCUT2D eigenvalue weighted by Crippen LogP contribution is 2.47. The van der Waals surface area contributed by atoms with Gasteiger partial charge in [-0.15, -0.1) is 0 Å². The lowest BCUT2D eigenvalue weighted by Crippen LogP contribution is -2.10. The van der Waals surface area contributed by atoms with Gasteiger partial charge in [0.05, 0.1) is 11.1 Å². The topological polar surface area (TPSA) is 29.5 Å². The van der Waals surface area contributed by atoms with E-state index in [0.717, 1.165) is 72.1 Å². The molecule has 39 heavy (non-hydrogen) atoms. The second-order valence-electron chi connectivity index (χ2n) is 9.72. The first-order valence-electron chi connectivity index (χ1n) is 13.1. The third-order valence-corrected chi connectivity index (χ3v) is 7.47. The molecule has 0 radical (unpaired) electrons. The Bertz CT molecular complexity index is 2080. The molecule has 8 aromatic rings. The fourth-order valence-electron chi connectivity index (χ4n) is 5.79. The van der Waals surface area contributed by atoms with E-state index < -0.39 is 0 Å². The van der Waals surface area contributed by atoms with E-state index in [9.17, 15) is 0 Å². The molecule has 0 atom stereocenters. The van der Waals surface area contributed by atoms with Crippen molar-refractivity contribution in [3.05, 3.63) is 140 Å². The fraction of sp³-hybridized carbons (Fsp3) is 0. The summed E-state index contributed by atoms with van der Waals surface area (Å²) >= 11 is 0. The van der Waals surface area contributed by atoms with Gasteiger partial charge < -0.3 is 13.7 Å². The van der Waals surface area contributed by atoms with Crippen LogP contribution in [0.5, 0.6) is 0 Å². The van der Waals surface area contributed by atoms with E-state index >= 15 is 0 Å². The Balaban J connectivity index is 1.48. The van der Waals surface area contributed by atoms with Gasteiger partial charge in [0.1, 0.15) is 22.3 Å². The molecule has 0 amide bonds. The van der Waals surface area contributed by atoms with Crippen molar-refractivity contribution in [1.29, 1.82) is 0 Å². The summed E-state index contributed by atoms with van der Waals surface area (Å²) in [5.41, 5.74) is 8.88. The van der Waals surface area contributed by atoms with Crippen molar-refractivity contribution < 1.29 is 8.83 Å². The molecule has 0 fully saturated rings. The van der Waals surface area contributed by atoms with Gasteiger partial charge in [-0.05, 0) is 60.2 Å². The lowest BCUT2D eigenvalue weighted by Gasteiger charge is -2.26. The second kappa shape index (κ2) is 8.64. The molecule has 184 valence electrons. The largest absolute Gasteiger partial charge is 0.456 e. The minimum atomic E-state index is 0.864. The van der Waals surface area contributed by atoms with E-state index in [1.165, 1.54) is 0 Å². The maximum Gasteiger partial charge on any atom is 0.145 e. The van der Waals surface area contributed by atoms with Crippen LogP contribution in [0.4, 0.5) is 17.1 Å². The van der Waals surface area contributed by atoms with E-state index in [-0.39, 0.29) is 0 Å². The second-order valence-corrected chi connectivity index (χ2v) is 9.72. The number of para-hydroxylation sites is 4. The van der Waals surface area contributed by atoms with Crippen molar-refractivity contribution in [2.45, 2.75) is 0 Å². The van der Waals surface area contributed by atoms with Crippen LogP contribution in [0.1, 0.15) is 0 Å². The highest BCUT2D eigenvalue weighted by molar-refractivity contribution is 6.20. The number of nitrogens with zero attached hydrogens (tertiary/aromatic N) is 1. The third kappa shape index (κ3) is 3.37. The van der Waals surface area contributed by atoms with Gasteiger partial charge in [-0.1, -0.05) is 84.9 Å². The molecule has 0 N–H and O–H groups in total. The predicted octanol–water partition coefficient (Wildman–Crippen LogP) is 10.6. The molecule has 0 aliphatic heterocycles. The molecule has 0 saturated carbocycles. The van der Waals surface area contributed by atoms with Crippen LogP contribution in [0.15, 0.2) is 148 Å². The van der Waals surface area contributed by atoms with Crippen LogP contribution in [0.3, 0.4) is 0 Å². The van der Waals surface area contributed by atoms with E-state index in [4.69, 9.17) is 8.83 Å². The van der Waals surface area contributed by atoms with Gasteiger partial charge >= 0.3 is 0 Å². The van der Waals surface area contributed by atoms with E-state index in [1.54, 1.807) is 0 Å². The normalized spacial score (nSPS) is 11.6. The standard InChI is InChI=1S/C36H23NO2/c1-3-12-24(13-4-1)37(25-14-5-2-6-15-25)30-23-22-27(36-35(30)29-17-8-10-20-32(29)39-36)26-18-11-21-33-34(26)28-16-7-9-19-31(28)38-33/h1-23H. The molecule has 3 heteroatoms. The number of furan rings is 2. The van der Waals surface area contributed by atoms with E-state index in [2.05, 4.69) is 114 Å². The monoisotopic (exact) mass is 501 g/mol. The lowest BCUT2D eigenvalue weighted by atomic mass is 9.96. The van der Waals surface area contributed by atoms with Gasteiger partial charge in [-0.3, -0.25) is 0 Å². The van der Waals surface area contributed by atoms with E-state index in [0.29, 0.717) is 0 Å². The molecule has 0 saturated heterocycles. The average molecular weight is 502 g/mol. The van der Waals surface area contributed by atoms with Gasteiger partial charge in [0, 0.05) is 33.1 Å². The number of benzene rings is 6. The zero-order chi connectivity index (χ0) is 25.8. The molecule has 2 heterocycles. The first-order chi connectivity index (χ1) is 19.4. The number of hydrogen-bond donors (Lipinski definition) is 0. The molecule has 6 aromatic carbocycles. The van der Waals surface area contributed by atoms with Gasteiger partial charge in [-0.2, -0.15) is 0 Å². The highest BCUT2D eigenvalue weighted by atomic mass is 16.3. The van der Waals surface area contributed by atoms with Crippen molar-refractivity contribution >= 4 is 60.9 Å². The van der Waals surface area contributed by atoms with Crippen LogP contribution < -0.4 is 4.90 Å².